The van der Waals surface area contributed by atoms with E-state index in [0.717, 1.165) is 45.9 Å². The van der Waals surface area contributed by atoms with E-state index in [9.17, 15) is 0 Å². The number of rotatable bonds is 6. The molecule has 0 bridgehead atoms. The highest BCUT2D eigenvalue weighted by atomic mass is 28.3. The third-order valence-electron chi connectivity index (χ3n) is 5.06. The van der Waals surface area contributed by atoms with E-state index in [-0.39, 0.29) is 0 Å². The van der Waals surface area contributed by atoms with Crippen LogP contribution in [0.5, 0.6) is 0 Å². The zero-order valence-electron chi connectivity index (χ0n) is 15.7. The highest BCUT2D eigenvalue weighted by molar-refractivity contribution is 6.83. The molecule has 0 aromatic rings. The van der Waals surface area contributed by atoms with Gasteiger partial charge < -0.3 is 19.1 Å². The molecular weight excluding hydrogens is 306 g/mol. The van der Waals surface area contributed by atoms with Crippen molar-refractivity contribution in [3.63, 3.8) is 0 Å². The van der Waals surface area contributed by atoms with Crippen LogP contribution < -0.4 is 0 Å². The van der Waals surface area contributed by atoms with Crippen LogP contribution in [0.25, 0.3) is 0 Å². The summed E-state index contributed by atoms with van der Waals surface area (Å²) in [6, 6.07) is 0. The molecule has 2 aliphatic rings. The van der Waals surface area contributed by atoms with Gasteiger partial charge in [-0.05, 0) is 18.1 Å². The summed E-state index contributed by atoms with van der Waals surface area (Å²) in [5.74, 6) is 0.355. The quantitative estimate of drug-likeness (QED) is 0.696. The summed E-state index contributed by atoms with van der Waals surface area (Å²) in [6.45, 7) is 14.8. The lowest BCUT2D eigenvalue weighted by atomic mass is 9.85. The van der Waals surface area contributed by atoms with Crippen LogP contribution in [0, 0.1) is 5.92 Å². The van der Waals surface area contributed by atoms with E-state index < -0.39 is 8.07 Å². The molecule has 0 saturated carbocycles. The number of hydrogen-bond acceptors (Lipinski definition) is 4. The minimum absolute atomic E-state index is 0.355. The van der Waals surface area contributed by atoms with E-state index in [1.54, 1.807) is 19.4 Å². The molecule has 4 nitrogen and oxygen atoms in total. The van der Waals surface area contributed by atoms with Crippen molar-refractivity contribution < 1.29 is 14.2 Å². The Labute approximate surface area is 142 Å². The second kappa shape index (κ2) is 7.97. The Bertz CT molecular complexity index is 473. The molecule has 1 aliphatic heterocycles. The Morgan fingerprint density at radius 3 is 2.30 bits per heavy atom. The van der Waals surface area contributed by atoms with E-state index in [1.165, 1.54) is 16.8 Å². The van der Waals surface area contributed by atoms with Gasteiger partial charge in [-0.1, -0.05) is 24.8 Å². The van der Waals surface area contributed by atoms with Gasteiger partial charge in [0.25, 0.3) is 0 Å². The standard InChI is InChI=1S/C18H33NO3Si/c1-14-15(12-20-2)16(13-21-3)18(23(4,5)6)11-17(14)19-7-9-22-10-8-19/h15H,7-13H2,1-6H3. The summed E-state index contributed by atoms with van der Waals surface area (Å²) in [6.07, 6.45) is 1.08. The van der Waals surface area contributed by atoms with Crippen LogP contribution >= 0.6 is 0 Å². The smallest absolute Gasteiger partial charge is 0.0730 e. The molecule has 0 N–H and O–H groups in total. The van der Waals surface area contributed by atoms with Crippen LogP contribution in [-0.4, -0.2) is 66.7 Å². The van der Waals surface area contributed by atoms with E-state index in [2.05, 4.69) is 31.5 Å². The lowest BCUT2D eigenvalue weighted by Crippen LogP contribution is -2.41. The van der Waals surface area contributed by atoms with E-state index >= 15 is 0 Å². The molecule has 132 valence electrons. The SMILES string of the molecule is COCC1=C([Si](C)(C)C)CC(N2CCOCC2)=C(C)C1COC. The summed E-state index contributed by atoms with van der Waals surface area (Å²) in [5.41, 5.74) is 4.44. The molecule has 2 rings (SSSR count). The Kier molecular flexibility index (Phi) is 6.48. The van der Waals surface area contributed by atoms with Gasteiger partial charge in [-0.15, -0.1) is 0 Å². The molecule has 5 heteroatoms. The van der Waals surface area contributed by atoms with Gasteiger partial charge in [-0.25, -0.2) is 0 Å². The maximum absolute atomic E-state index is 5.57. The molecule has 1 unspecified atom stereocenters. The maximum atomic E-state index is 5.57. The van der Waals surface area contributed by atoms with Gasteiger partial charge in [0.15, 0.2) is 0 Å². The van der Waals surface area contributed by atoms with Crippen molar-refractivity contribution in [1.82, 2.24) is 4.90 Å². The maximum Gasteiger partial charge on any atom is 0.0730 e. The molecule has 0 spiro atoms. The first-order valence-electron chi connectivity index (χ1n) is 8.62. The van der Waals surface area contributed by atoms with Crippen molar-refractivity contribution in [2.75, 3.05) is 53.7 Å². The molecule has 1 fully saturated rings. The van der Waals surface area contributed by atoms with Gasteiger partial charge in [0, 0.05) is 45.3 Å². The van der Waals surface area contributed by atoms with Gasteiger partial charge in [0.2, 0.25) is 0 Å². The predicted molar refractivity (Wildman–Crippen MR) is 97.3 cm³/mol. The lowest BCUT2D eigenvalue weighted by Gasteiger charge is -2.41. The third kappa shape index (κ3) is 4.27. The molecule has 23 heavy (non-hydrogen) atoms. The number of morpholine rings is 1. The summed E-state index contributed by atoms with van der Waals surface area (Å²) in [5, 5.41) is 1.65. The topological polar surface area (TPSA) is 30.9 Å². The van der Waals surface area contributed by atoms with Crippen LogP contribution in [0.3, 0.4) is 0 Å². The van der Waals surface area contributed by atoms with Crippen LogP contribution in [0.1, 0.15) is 13.3 Å². The van der Waals surface area contributed by atoms with Crippen LogP contribution in [-0.2, 0) is 14.2 Å². The van der Waals surface area contributed by atoms with E-state index in [0.29, 0.717) is 5.92 Å². The average molecular weight is 340 g/mol. The van der Waals surface area contributed by atoms with Crippen molar-refractivity contribution in [1.29, 1.82) is 0 Å². The number of ether oxygens (including phenoxy) is 3. The first kappa shape index (κ1) is 18.7. The van der Waals surface area contributed by atoms with Crippen LogP contribution in [0.15, 0.2) is 22.0 Å². The molecule has 0 aromatic heterocycles. The fraction of sp³-hybridized carbons (Fsp3) is 0.778. The predicted octanol–water partition coefficient (Wildman–Crippen LogP) is 3.08. The zero-order chi connectivity index (χ0) is 17.0. The van der Waals surface area contributed by atoms with Gasteiger partial charge in [0.1, 0.15) is 0 Å². The number of nitrogens with zero attached hydrogens (tertiary/aromatic N) is 1. The number of methoxy groups -OCH3 is 2. The highest BCUT2D eigenvalue weighted by Gasteiger charge is 2.35. The van der Waals surface area contributed by atoms with Crippen molar-refractivity contribution in [3.8, 4) is 0 Å². The molecule has 0 amide bonds. The molecule has 1 atom stereocenters. The molecular formula is C18H33NO3Si. The van der Waals surface area contributed by atoms with E-state index in [4.69, 9.17) is 14.2 Å². The minimum Gasteiger partial charge on any atom is -0.384 e. The van der Waals surface area contributed by atoms with Crippen molar-refractivity contribution in [2.24, 2.45) is 5.92 Å². The third-order valence-corrected chi connectivity index (χ3v) is 7.37. The highest BCUT2D eigenvalue weighted by Crippen LogP contribution is 2.40. The Morgan fingerprint density at radius 1 is 1.13 bits per heavy atom. The fourth-order valence-corrected chi connectivity index (χ4v) is 5.68. The van der Waals surface area contributed by atoms with E-state index in [1.807, 2.05) is 0 Å². The van der Waals surface area contributed by atoms with Crippen LogP contribution in [0.2, 0.25) is 19.6 Å². The van der Waals surface area contributed by atoms with Gasteiger partial charge >= 0.3 is 0 Å². The zero-order valence-corrected chi connectivity index (χ0v) is 16.7. The molecule has 1 saturated heterocycles. The molecule has 1 aliphatic carbocycles. The molecule has 0 radical (unpaired) electrons. The normalized spacial score (nSPS) is 23.7. The molecule has 0 aromatic carbocycles. The summed E-state index contributed by atoms with van der Waals surface area (Å²) >= 11 is 0. The van der Waals surface area contributed by atoms with Crippen molar-refractivity contribution in [3.05, 3.63) is 22.0 Å². The summed E-state index contributed by atoms with van der Waals surface area (Å²) < 4.78 is 16.7. The first-order chi connectivity index (χ1) is 10.9. The van der Waals surface area contributed by atoms with Crippen molar-refractivity contribution in [2.45, 2.75) is 33.0 Å². The Morgan fingerprint density at radius 2 is 1.78 bits per heavy atom. The average Bonchev–Trinajstić information content (AvgIpc) is 2.51. The monoisotopic (exact) mass is 339 g/mol. The summed E-state index contributed by atoms with van der Waals surface area (Å²) in [4.78, 5) is 2.53. The fourth-order valence-electron chi connectivity index (χ4n) is 3.77. The van der Waals surface area contributed by atoms with Crippen LogP contribution in [0.4, 0.5) is 0 Å². The van der Waals surface area contributed by atoms with Gasteiger partial charge in [0.05, 0.1) is 34.5 Å². The van der Waals surface area contributed by atoms with Gasteiger partial charge in [-0.3, -0.25) is 0 Å². The number of allylic oxidation sites excluding steroid dienone is 1. The lowest BCUT2D eigenvalue weighted by molar-refractivity contribution is 0.0510. The molecule has 1 heterocycles. The second-order valence-electron chi connectivity index (χ2n) is 7.60. The second-order valence-corrected chi connectivity index (χ2v) is 12.7. The first-order valence-corrected chi connectivity index (χ1v) is 12.1. The minimum atomic E-state index is -1.41. The summed E-state index contributed by atoms with van der Waals surface area (Å²) in [7, 11) is 2.19. The Balaban J connectivity index is 2.41. The van der Waals surface area contributed by atoms with Crippen molar-refractivity contribution >= 4 is 8.07 Å². The van der Waals surface area contributed by atoms with Gasteiger partial charge in [-0.2, -0.15) is 0 Å². The largest absolute Gasteiger partial charge is 0.384 e. The number of hydrogen-bond donors (Lipinski definition) is 0. The Hall–Kier alpha value is -0.623.